The second-order valence-electron chi connectivity index (χ2n) is 7.89. The van der Waals surface area contributed by atoms with Crippen LogP contribution < -0.4 is 0 Å². The Hall–Kier alpha value is -1.71. The Labute approximate surface area is 136 Å². The van der Waals surface area contributed by atoms with Gasteiger partial charge in [0, 0.05) is 17.3 Å². The van der Waals surface area contributed by atoms with Crippen LogP contribution in [-0.2, 0) is 9.53 Å². The van der Waals surface area contributed by atoms with Crippen LogP contribution in [-0.4, -0.2) is 23.3 Å². The zero-order chi connectivity index (χ0) is 16.0. The monoisotopic (exact) mass is 313 g/mol. The molecule has 1 heterocycles. The van der Waals surface area contributed by atoms with E-state index in [-0.39, 0.29) is 17.8 Å². The number of nitrogens with zero attached hydrogens (tertiary/aromatic N) is 1. The van der Waals surface area contributed by atoms with E-state index >= 15 is 0 Å². The predicted octanol–water partition coefficient (Wildman–Crippen LogP) is 3.33. The zero-order valence-electron chi connectivity index (χ0n) is 13.6. The first-order valence-electron chi connectivity index (χ1n) is 8.67. The molecule has 4 nitrogen and oxygen atoms in total. The van der Waals surface area contributed by atoms with Gasteiger partial charge in [-0.25, -0.2) is 4.79 Å². The quantitative estimate of drug-likeness (QED) is 0.800. The summed E-state index contributed by atoms with van der Waals surface area (Å²) < 4.78 is 5.29. The summed E-state index contributed by atoms with van der Waals surface area (Å²) in [6.45, 7) is 1.78. The summed E-state index contributed by atoms with van der Waals surface area (Å²) in [5, 5.41) is 0. The first-order valence-corrected chi connectivity index (χ1v) is 8.67. The summed E-state index contributed by atoms with van der Waals surface area (Å²) in [7, 11) is 0. The number of carbonyl (C=O) groups is 2. The van der Waals surface area contributed by atoms with E-state index in [0.29, 0.717) is 5.56 Å². The summed E-state index contributed by atoms with van der Waals surface area (Å²) in [5.41, 5.74) is 1.07. The number of ketones is 1. The van der Waals surface area contributed by atoms with Crippen molar-refractivity contribution in [2.75, 3.05) is 6.61 Å². The fourth-order valence-electron chi connectivity index (χ4n) is 5.41. The number of aryl methyl sites for hydroxylation is 1. The molecule has 4 aliphatic carbocycles. The Balaban J connectivity index is 1.40. The lowest BCUT2D eigenvalue weighted by molar-refractivity contribution is -0.147. The molecule has 0 spiro atoms. The molecule has 1 aromatic heterocycles. The highest BCUT2D eigenvalue weighted by molar-refractivity contribution is 5.93. The maximum Gasteiger partial charge on any atom is 0.340 e. The second-order valence-corrected chi connectivity index (χ2v) is 7.89. The zero-order valence-corrected chi connectivity index (χ0v) is 13.6. The molecule has 0 N–H and O–H groups in total. The third-order valence-electron chi connectivity index (χ3n) is 6.11. The number of pyridine rings is 1. The van der Waals surface area contributed by atoms with Gasteiger partial charge in [-0.2, -0.15) is 0 Å². The number of aromatic nitrogens is 1. The molecule has 23 heavy (non-hydrogen) atoms. The molecule has 122 valence electrons. The Bertz CT molecular complexity index is 599. The number of hydrogen-bond acceptors (Lipinski definition) is 4. The van der Waals surface area contributed by atoms with Crippen molar-refractivity contribution in [1.82, 2.24) is 4.98 Å². The van der Waals surface area contributed by atoms with Gasteiger partial charge in [-0.05, 0) is 75.3 Å². The van der Waals surface area contributed by atoms with Crippen molar-refractivity contribution in [2.24, 2.45) is 23.2 Å². The molecule has 0 saturated heterocycles. The minimum absolute atomic E-state index is 0.0845. The highest BCUT2D eigenvalue weighted by atomic mass is 16.5. The Morgan fingerprint density at radius 1 is 1.13 bits per heavy atom. The maximum atomic E-state index is 12.8. The van der Waals surface area contributed by atoms with Crippen molar-refractivity contribution in [3.8, 4) is 0 Å². The lowest BCUT2D eigenvalue weighted by atomic mass is 9.48. The van der Waals surface area contributed by atoms with Crippen LogP contribution in [0.2, 0.25) is 0 Å². The van der Waals surface area contributed by atoms with Crippen LogP contribution in [0.15, 0.2) is 18.3 Å². The molecule has 4 aliphatic rings. The molecular weight excluding hydrogens is 290 g/mol. The smallest absolute Gasteiger partial charge is 0.340 e. The van der Waals surface area contributed by atoms with Gasteiger partial charge in [0.2, 0.25) is 0 Å². The average molecular weight is 313 g/mol. The number of carbonyl (C=O) groups excluding carboxylic acids is 2. The van der Waals surface area contributed by atoms with E-state index in [9.17, 15) is 9.59 Å². The third-order valence-corrected chi connectivity index (χ3v) is 6.11. The first kappa shape index (κ1) is 14.9. The summed E-state index contributed by atoms with van der Waals surface area (Å²) in [4.78, 5) is 29.0. The minimum atomic E-state index is -0.449. The summed E-state index contributed by atoms with van der Waals surface area (Å²) in [6.07, 6.45) is 8.47. The van der Waals surface area contributed by atoms with Gasteiger partial charge in [0.1, 0.15) is 0 Å². The summed E-state index contributed by atoms with van der Waals surface area (Å²) in [6, 6.07) is 3.47. The molecule has 4 bridgehead atoms. The van der Waals surface area contributed by atoms with Crippen molar-refractivity contribution in [3.05, 3.63) is 29.6 Å². The predicted molar refractivity (Wildman–Crippen MR) is 84.9 cm³/mol. The molecule has 4 fully saturated rings. The Kier molecular flexibility index (Phi) is 3.51. The van der Waals surface area contributed by atoms with E-state index in [1.165, 1.54) is 25.5 Å². The number of ether oxygens (including phenoxy) is 1. The molecule has 0 amide bonds. The molecule has 0 unspecified atom stereocenters. The maximum absolute atomic E-state index is 12.8. The number of hydrogen-bond donors (Lipinski definition) is 0. The lowest BCUT2D eigenvalue weighted by Gasteiger charge is -2.55. The van der Waals surface area contributed by atoms with E-state index in [1.54, 1.807) is 12.1 Å². The first-order chi connectivity index (χ1) is 11.0. The minimum Gasteiger partial charge on any atom is -0.454 e. The van der Waals surface area contributed by atoms with Crippen molar-refractivity contribution >= 4 is 11.8 Å². The molecule has 0 radical (unpaired) electrons. The Morgan fingerprint density at radius 3 is 2.26 bits per heavy atom. The van der Waals surface area contributed by atoms with Gasteiger partial charge in [0.15, 0.2) is 12.4 Å². The van der Waals surface area contributed by atoms with Crippen LogP contribution in [0, 0.1) is 30.1 Å². The molecule has 1 aromatic rings. The van der Waals surface area contributed by atoms with Crippen LogP contribution >= 0.6 is 0 Å². The van der Waals surface area contributed by atoms with Crippen LogP contribution in [0.1, 0.15) is 54.6 Å². The molecule has 4 heteroatoms. The molecule has 0 aromatic carbocycles. The Morgan fingerprint density at radius 2 is 1.74 bits per heavy atom. The van der Waals surface area contributed by atoms with Crippen molar-refractivity contribution in [3.63, 3.8) is 0 Å². The van der Waals surface area contributed by atoms with Crippen molar-refractivity contribution < 1.29 is 14.3 Å². The number of Topliss-reactive ketones (excluding diaryl/α,β-unsaturated/α-hetero) is 1. The topological polar surface area (TPSA) is 56.3 Å². The normalized spacial score (nSPS) is 34.4. The molecule has 4 saturated carbocycles. The van der Waals surface area contributed by atoms with Crippen LogP contribution in [0.5, 0.6) is 0 Å². The van der Waals surface area contributed by atoms with Crippen molar-refractivity contribution in [1.29, 1.82) is 0 Å². The molecular formula is C19H23NO3. The number of rotatable bonds is 4. The molecule has 0 aliphatic heterocycles. The van der Waals surface area contributed by atoms with Gasteiger partial charge < -0.3 is 4.74 Å². The third kappa shape index (κ3) is 2.68. The van der Waals surface area contributed by atoms with Gasteiger partial charge in [-0.3, -0.25) is 9.78 Å². The highest BCUT2D eigenvalue weighted by Crippen LogP contribution is 2.60. The van der Waals surface area contributed by atoms with E-state index in [4.69, 9.17) is 4.74 Å². The highest BCUT2D eigenvalue weighted by Gasteiger charge is 2.54. The van der Waals surface area contributed by atoms with Gasteiger partial charge in [0.25, 0.3) is 0 Å². The van der Waals surface area contributed by atoms with E-state index < -0.39 is 5.97 Å². The largest absolute Gasteiger partial charge is 0.454 e. The van der Waals surface area contributed by atoms with E-state index in [1.807, 2.05) is 6.92 Å². The van der Waals surface area contributed by atoms with Crippen molar-refractivity contribution in [2.45, 2.75) is 45.4 Å². The molecule has 5 rings (SSSR count). The fourth-order valence-corrected chi connectivity index (χ4v) is 5.41. The summed E-state index contributed by atoms with van der Waals surface area (Å²) >= 11 is 0. The van der Waals surface area contributed by atoms with Gasteiger partial charge in [-0.1, -0.05) is 0 Å². The second kappa shape index (κ2) is 5.43. The number of esters is 1. The van der Waals surface area contributed by atoms with Gasteiger partial charge >= 0.3 is 5.97 Å². The van der Waals surface area contributed by atoms with Crippen LogP contribution in [0.3, 0.4) is 0 Å². The van der Waals surface area contributed by atoms with E-state index in [2.05, 4.69) is 4.98 Å². The SMILES string of the molecule is Cc1ccc(C(=O)OCC(=O)C23CC4CC(CC(C4)C2)C3)cn1. The van der Waals surface area contributed by atoms with E-state index in [0.717, 1.165) is 42.7 Å². The standard InChI is InChI=1S/C19H23NO3/c1-12-2-3-16(10-20-12)18(22)23-11-17(21)19-7-13-4-14(8-19)6-15(5-13)9-19/h2-3,10,13-15H,4-9,11H2,1H3. The lowest BCUT2D eigenvalue weighted by Crippen LogP contribution is -2.51. The van der Waals surface area contributed by atoms with Crippen LogP contribution in [0.4, 0.5) is 0 Å². The fraction of sp³-hybridized carbons (Fsp3) is 0.632. The molecule has 0 atom stereocenters. The summed E-state index contributed by atoms with van der Waals surface area (Å²) in [5.74, 6) is 1.87. The van der Waals surface area contributed by atoms with Gasteiger partial charge in [0.05, 0.1) is 5.56 Å². The van der Waals surface area contributed by atoms with Gasteiger partial charge in [-0.15, -0.1) is 0 Å². The average Bonchev–Trinajstić information content (AvgIpc) is 2.51. The van der Waals surface area contributed by atoms with Crippen LogP contribution in [0.25, 0.3) is 0 Å².